The number of primary amides is 1. The first-order valence-corrected chi connectivity index (χ1v) is 8.60. The van der Waals surface area contributed by atoms with Gasteiger partial charge in [0.1, 0.15) is 0 Å². The third-order valence-corrected chi connectivity index (χ3v) is 4.86. The molecular formula is C18H27N3O3. The van der Waals surface area contributed by atoms with Crippen LogP contribution >= 0.6 is 0 Å². The summed E-state index contributed by atoms with van der Waals surface area (Å²) in [6.45, 7) is 3.27. The Kier molecular flexibility index (Phi) is 6.61. The zero-order chi connectivity index (χ0) is 17.4. The van der Waals surface area contributed by atoms with Crippen LogP contribution in [0.15, 0.2) is 30.3 Å². The summed E-state index contributed by atoms with van der Waals surface area (Å²) in [5.74, 6) is -0.699. The van der Waals surface area contributed by atoms with Crippen molar-refractivity contribution in [2.45, 2.75) is 37.5 Å². The zero-order valence-corrected chi connectivity index (χ0v) is 14.0. The first-order valence-electron chi connectivity index (χ1n) is 8.60. The summed E-state index contributed by atoms with van der Waals surface area (Å²) in [6, 6.07) is 9.29. The lowest BCUT2D eigenvalue weighted by Gasteiger charge is -2.34. The number of likely N-dealkylation sites (tertiary alicyclic amines) is 1. The van der Waals surface area contributed by atoms with E-state index in [4.69, 9.17) is 5.73 Å². The second-order valence-electron chi connectivity index (χ2n) is 6.39. The summed E-state index contributed by atoms with van der Waals surface area (Å²) in [7, 11) is 0. The first-order chi connectivity index (χ1) is 11.6. The molecule has 0 aromatic heterocycles. The minimum absolute atomic E-state index is 0.269. The van der Waals surface area contributed by atoms with Crippen LogP contribution in [0.3, 0.4) is 0 Å². The minimum atomic E-state index is -0.699. The van der Waals surface area contributed by atoms with Gasteiger partial charge in [0, 0.05) is 13.1 Å². The fourth-order valence-corrected chi connectivity index (χ4v) is 3.35. The van der Waals surface area contributed by atoms with E-state index in [1.54, 1.807) is 4.90 Å². The lowest BCUT2D eigenvalue weighted by atomic mass is 9.73. The van der Waals surface area contributed by atoms with E-state index in [9.17, 15) is 14.7 Å². The Hall–Kier alpha value is -2.08. The number of aliphatic carboxylic acids is 1. The summed E-state index contributed by atoms with van der Waals surface area (Å²) >= 11 is 0. The van der Waals surface area contributed by atoms with Crippen molar-refractivity contribution in [2.75, 3.05) is 26.2 Å². The Bertz CT molecular complexity index is 536. The van der Waals surface area contributed by atoms with Gasteiger partial charge < -0.3 is 21.1 Å². The van der Waals surface area contributed by atoms with Crippen molar-refractivity contribution in [3.8, 4) is 0 Å². The van der Waals surface area contributed by atoms with Gasteiger partial charge in [-0.2, -0.15) is 0 Å². The van der Waals surface area contributed by atoms with Gasteiger partial charge in [-0.3, -0.25) is 4.79 Å². The molecule has 0 aliphatic carbocycles. The number of hydrogen-bond acceptors (Lipinski definition) is 3. The maximum atomic E-state index is 11.4. The number of carbonyl (C=O) groups is 2. The molecule has 2 saturated heterocycles. The molecule has 0 saturated carbocycles. The van der Waals surface area contributed by atoms with Gasteiger partial charge in [0.2, 0.25) is 0 Å². The summed E-state index contributed by atoms with van der Waals surface area (Å²) in [6.07, 6.45) is 4.81. The monoisotopic (exact) mass is 333 g/mol. The average Bonchev–Trinajstić information content (AvgIpc) is 2.64. The quantitative estimate of drug-likeness (QED) is 0.771. The van der Waals surface area contributed by atoms with Gasteiger partial charge in [0.05, 0.1) is 5.41 Å². The molecule has 2 amide bonds. The van der Waals surface area contributed by atoms with Gasteiger partial charge in [0.25, 0.3) is 0 Å². The van der Waals surface area contributed by atoms with E-state index in [2.05, 4.69) is 5.32 Å². The molecule has 2 heterocycles. The normalized spacial score (nSPS) is 19.8. The topological polar surface area (TPSA) is 95.7 Å². The molecule has 2 aliphatic heterocycles. The van der Waals surface area contributed by atoms with Gasteiger partial charge in [-0.05, 0) is 50.8 Å². The molecule has 0 spiro atoms. The van der Waals surface area contributed by atoms with Gasteiger partial charge in [-0.15, -0.1) is 0 Å². The molecule has 6 heteroatoms. The number of carbonyl (C=O) groups excluding carboxylic acids is 1. The Morgan fingerprint density at radius 2 is 1.62 bits per heavy atom. The maximum Gasteiger partial charge on any atom is 0.314 e. The summed E-state index contributed by atoms with van der Waals surface area (Å²) < 4.78 is 0. The van der Waals surface area contributed by atoms with E-state index in [-0.39, 0.29) is 6.03 Å². The predicted molar refractivity (Wildman–Crippen MR) is 92.9 cm³/mol. The number of urea groups is 1. The number of amides is 2. The second kappa shape index (κ2) is 8.68. The molecule has 0 unspecified atom stereocenters. The van der Waals surface area contributed by atoms with E-state index in [0.29, 0.717) is 12.8 Å². The van der Waals surface area contributed by atoms with Crippen LogP contribution in [0.25, 0.3) is 0 Å². The Balaban J connectivity index is 0.000000198. The van der Waals surface area contributed by atoms with E-state index in [1.807, 2.05) is 30.3 Å². The number of benzene rings is 1. The fourth-order valence-electron chi connectivity index (χ4n) is 3.35. The van der Waals surface area contributed by atoms with Crippen LogP contribution in [0, 0.1) is 0 Å². The number of hydrogen-bond donors (Lipinski definition) is 3. The number of carboxylic acid groups (broad SMARTS) is 1. The highest BCUT2D eigenvalue weighted by molar-refractivity contribution is 5.81. The lowest BCUT2D eigenvalue weighted by Crippen LogP contribution is -2.45. The van der Waals surface area contributed by atoms with Gasteiger partial charge in [-0.1, -0.05) is 30.3 Å². The van der Waals surface area contributed by atoms with Crippen molar-refractivity contribution < 1.29 is 14.7 Å². The maximum absolute atomic E-state index is 11.4. The smallest absolute Gasteiger partial charge is 0.314 e. The van der Waals surface area contributed by atoms with Gasteiger partial charge in [0.15, 0.2) is 0 Å². The standard InChI is InChI=1S/C12H15NO2.C6H12N2O/c14-11(15)12(6-8-13-9-7-12)10-4-2-1-3-5-10;7-6(9)8-4-2-1-3-5-8/h1-5,13H,6-9H2,(H,14,15);1-5H2,(H2,7,9). The second-order valence-corrected chi connectivity index (χ2v) is 6.39. The summed E-state index contributed by atoms with van der Waals surface area (Å²) in [5.41, 5.74) is 5.31. The van der Waals surface area contributed by atoms with Crippen LogP contribution in [-0.4, -0.2) is 48.2 Å². The number of piperidine rings is 2. The largest absolute Gasteiger partial charge is 0.481 e. The third-order valence-electron chi connectivity index (χ3n) is 4.86. The van der Waals surface area contributed by atoms with E-state index in [0.717, 1.165) is 44.6 Å². The number of rotatable bonds is 2. The van der Waals surface area contributed by atoms with Crippen LogP contribution < -0.4 is 11.1 Å². The SMILES string of the molecule is NC(=O)N1CCCCC1.O=C(O)C1(c2ccccc2)CCNCC1. The van der Waals surface area contributed by atoms with Crippen molar-refractivity contribution in [3.05, 3.63) is 35.9 Å². The predicted octanol–water partition coefficient (Wildman–Crippen LogP) is 1.94. The van der Waals surface area contributed by atoms with Crippen molar-refractivity contribution >= 4 is 12.0 Å². The number of nitrogens with one attached hydrogen (secondary N) is 1. The molecule has 0 radical (unpaired) electrons. The van der Waals surface area contributed by atoms with E-state index < -0.39 is 11.4 Å². The molecule has 4 N–H and O–H groups in total. The average molecular weight is 333 g/mol. The first kappa shape index (κ1) is 18.3. The Labute approximate surface area is 143 Å². The molecule has 1 aromatic carbocycles. The molecule has 3 rings (SSSR count). The highest BCUT2D eigenvalue weighted by Crippen LogP contribution is 2.33. The summed E-state index contributed by atoms with van der Waals surface area (Å²) in [4.78, 5) is 23.6. The van der Waals surface area contributed by atoms with E-state index >= 15 is 0 Å². The molecule has 0 bridgehead atoms. The lowest BCUT2D eigenvalue weighted by molar-refractivity contribution is -0.145. The molecule has 132 valence electrons. The van der Waals surface area contributed by atoms with Crippen molar-refractivity contribution in [2.24, 2.45) is 5.73 Å². The number of nitrogens with zero attached hydrogens (tertiary/aromatic N) is 1. The fraction of sp³-hybridized carbons (Fsp3) is 0.556. The molecule has 24 heavy (non-hydrogen) atoms. The van der Waals surface area contributed by atoms with Crippen LogP contribution in [0.5, 0.6) is 0 Å². The van der Waals surface area contributed by atoms with Crippen LogP contribution in [-0.2, 0) is 10.2 Å². The van der Waals surface area contributed by atoms with Crippen LogP contribution in [0.2, 0.25) is 0 Å². The number of carboxylic acids is 1. The van der Waals surface area contributed by atoms with Crippen molar-refractivity contribution in [3.63, 3.8) is 0 Å². The highest BCUT2D eigenvalue weighted by atomic mass is 16.4. The Morgan fingerprint density at radius 1 is 1.04 bits per heavy atom. The van der Waals surface area contributed by atoms with Crippen LogP contribution in [0.1, 0.15) is 37.7 Å². The molecule has 2 fully saturated rings. The third kappa shape index (κ3) is 4.47. The molecule has 1 aromatic rings. The zero-order valence-electron chi connectivity index (χ0n) is 14.0. The highest BCUT2D eigenvalue weighted by Gasteiger charge is 2.40. The number of nitrogens with two attached hydrogens (primary N) is 1. The van der Waals surface area contributed by atoms with E-state index in [1.165, 1.54) is 6.42 Å². The van der Waals surface area contributed by atoms with Gasteiger partial charge >= 0.3 is 12.0 Å². The van der Waals surface area contributed by atoms with Gasteiger partial charge in [-0.25, -0.2) is 4.79 Å². The van der Waals surface area contributed by atoms with Crippen molar-refractivity contribution in [1.82, 2.24) is 10.2 Å². The molecule has 0 atom stereocenters. The molecular weight excluding hydrogens is 306 g/mol. The molecule has 6 nitrogen and oxygen atoms in total. The Morgan fingerprint density at radius 3 is 2.08 bits per heavy atom. The summed E-state index contributed by atoms with van der Waals surface area (Å²) in [5, 5.41) is 12.6. The van der Waals surface area contributed by atoms with Crippen LogP contribution in [0.4, 0.5) is 4.79 Å². The minimum Gasteiger partial charge on any atom is -0.481 e. The van der Waals surface area contributed by atoms with Crippen molar-refractivity contribution in [1.29, 1.82) is 0 Å². The molecule has 2 aliphatic rings.